The van der Waals surface area contributed by atoms with E-state index in [1.54, 1.807) is 41.2 Å². The highest BCUT2D eigenvalue weighted by Crippen LogP contribution is 2.43. The van der Waals surface area contributed by atoms with Crippen molar-refractivity contribution in [3.05, 3.63) is 142 Å². The van der Waals surface area contributed by atoms with Crippen molar-refractivity contribution in [2.75, 3.05) is 0 Å². The maximum atomic E-state index is 12.8. The predicted octanol–water partition coefficient (Wildman–Crippen LogP) is 7.32. The Kier molecular flexibility index (Phi) is 9.91. The maximum absolute atomic E-state index is 12.8. The Hall–Kier alpha value is -3.54. The van der Waals surface area contributed by atoms with Crippen LogP contribution in [0.5, 0.6) is 0 Å². The third-order valence-electron chi connectivity index (χ3n) is 8.25. The number of ether oxygens (including phenoxy) is 2. The van der Waals surface area contributed by atoms with E-state index in [-0.39, 0.29) is 41.3 Å². The quantitative estimate of drug-likeness (QED) is 0.161. The van der Waals surface area contributed by atoms with Crippen LogP contribution in [0.4, 0.5) is 0 Å². The molecule has 1 saturated heterocycles. The first kappa shape index (κ1) is 32.4. The Morgan fingerprint density at radius 3 is 2.22 bits per heavy atom. The van der Waals surface area contributed by atoms with E-state index >= 15 is 0 Å². The van der Waals surface area contributed by atoms with Crippen LogP contribution in [0.3, 0.4) is 0 Å². The number of imidazole rings is 1. The second-order valence-electron chi connectivity index (χ2n) is 11.2. The van der Waals surface area contributed by atoms with E-state index in [2.05, 4.69) is 16.6 Å². The summed E-state index contributed by atoms with van der Waals surface area (Å²) in [5.74, 6) is -0.0562. The van der Waals surface area contributed by atoms with Crippen molar-refractivity contribution >= 4 is 33.2 Å². The molecule has 0 saturated carbocycles. The first-order valence-corrected chi connectivity index (χ1v) is 17.1. The van der Waals surface area contributed by atoms with Crippen LogP contribution < -0.4 is 4.72 Å². The van der Waals surface area contributed by atoms with E-state index in [9.17, 15) is 13.5 Å². The molecule has 0 aliphatic carbocycles. The van der Waals surface area contributed by atoms with Gasteiger partial charge in [0, 0.05) is 18.0 Å². The van der Waals surface area contributed by atoms with E-state index in [1.165, 1.54) is 0 Å². The fourth-order valence-corrected chi connectivity index (χ4v) is 6.96. The van der Waals surface area contributed by atoms with Gasteiger partial charge in [0.25, 0.3) is 0 Å². The van der Waals surface area contributed by atoms with Gasteiger partial charge in [-0.3, -0.25) is 0 Å². The monoisotopic (exact) mass is 677 g/mol. The number of halogens is 2. The Morgan fingerprint density at radius 2 is 1.54 bits per heavy atom. The van der Waals surface area contributed by atoms with Crippen molar-refractivity contribution in [3.63, 3.8) is 0 Å². The van der Waals surface area contributed by atoms with Crippen LogP contribution >= 0.6 is 23.2 Å². The van der Waals surface area contributed by atoms with E-state index in [0.717, 1.165) is 33.4 Å². The van der Waals surface area contributed by atoms with E-state index in [0.29, 0.717) is 11.7 Å². The molecule has 4 atom stereocenters. The molecule has 4 aromatic carbocycles. The molecule has 0 radical (unpaired) electrons. The SMILES string of the molecule is C[C@H]1[C@@H](Cn2cnc(Cl)c2Cl)O[C@@H](c2ccc(-c3ccccc3CNS(=O)(=O)c3ccccc3)cc2)O[C@H]1c1ccc(CO)cc1. The highest BCUT2D eigenvalue weighted by Gasteiger charge is 2.39. The van der Waals surface area contributed by atoms with Gasteiger partial charge < -0.3 is 19.1 Å². The first-order valence-electron chi connectivity index (χ1n) is 14.8. The minimum Gasteiger partial charge on any atom is -0.392 e. The van der Waals surface area contributed by atoms with Crippen LogP contribution in [0.1, 0.15) is 41.6 Å². The van der Waals surface area contributed by atoms with Gasteiger partial charge in [-0.2, -0.15) is 0 Å². The second-order valence-corrected chi connectivity index (χ2v) is 13.7. The van der Waals surface area contributed by atoms with Crippen molar-refractivity contribution < 1.29 is 23.0 Å². The molecule has 6 rings (SSSR count). The van der Waals surface area contributed by atoms with Gasteiger partial charge in [0.05, 0.1) is 36.6 Å². The summed E-state index contributed by atoms with van der Waals surface area (Å²) >= 11 is 12.5. The number of aliphatic hydroxyl groups is 1. The number of sulfonamides is 1. The summed E-state index contributed by atoms with van der Waals surface area (Å²) in [6, 6.07) is 31.6. The minimum absolute atomic E-state index is 0.0377. The number of benzene rings is 4. The molecule has 1 fully saturated rings. The van der Waals surface area contributed by atoms with Gasteiger partial charge in [0.15, 0.2) is 11.4 Å². The number of hydrogen-bond acceptors (Lipinski definition) is 6. The lowest BCUT2D eigenvalue weighted by molar-refractivity contribution is -0.276. The molecule has 0 unspecified atom stereocenters. The number of aromatic nitrogens is 2. The first-order chi connectivity index (χ1) is 22.2. The van der Waals surface area contributed by atoms with E-state index in [4.69, 9.17) is 32.7 Å². The molecule has 8 nitrogen and oxygen atoms in total. The zero-order valence-corrected chi connectivity index (χ0v) is 27.3. The largest absolute Gasteiger partial charge is 0.392 e. The van der Waals surface area contributed by atoms with Crippen molar-refractivity contribution in [1.29, 1.82) is 0 Å². The highest BCUT2D eigenvalue weighted by atomic mass is 35.5. The van der Waals surface area contributed by atoms with Crippen LogP contribution in [0.15, 0.2) is 114 Å². The molecular weight excluding hydrogens is 645 g/mol. The van der Waals surface area contributed by atoms with Crippen molar-refractivity contribution in [2.45, 2.75) is 50.0 Å². The predicted molar refractivity (Wildman–Crippen MR) is 178 cm³/mol. The number of nitrogens with one attached hydrogen (secondary N) is 1. The molecule has 0 spiro atoms. The van der Waals surface area contributed by atoms with Gasteiger partial charge in [0.2, 0.25) is 10.0 Å². The molecule has 1 aromatic heterocycles. The van der Waals surface area contributed by atoms with Crippen LogP contribution in [0.25, 0.3) is 11.1 Å². The van der Waals surface area contributed by atoms with Gasteiger partial charge in [-0.1, -0.05) is 121 Å². The maximum Gasteiger partial charge on any atom is 0.240 e. The standard InChI is InChI=1S/C35H33Cl2N3O5S/c1-23-31(20-40-22-38-33(36)34(40)37)44-35(45-32(23)26-13-11-24(21-41)12-14-26)27-17-15-25(16-18-27)30-10-6-5-7-28(30)19-39-46(42,43)29-8-3-2-4-9-29/h2-18,22-23,31-32,35,39,41H,19-21H2,1H3/t23-,31+,32+,35+/m0/s1. The number of nitrogens with zero attached hydrogens (tertiary/aromatic N) is 2. The smallest absolute Gasteiger partial charge is 0.240 e. The van der Waals surface area contributed by atoms with Gasteiger partial charge in [-0.05, 0) is 39.9 Å². The zero-order valence-electron chi connectivity index (χ0n) is 25.0. The van der Waals surface area contributed by atoms with Crippen molar-refractivity contribution in [2.24, 2.45) is 5.92 Å². The topological polar surface area (TPSA) is 103 Å². The number of hydrogen-bond donors (Lipinski definition) is 2. The molecule has 2 heterocycles. The molecular formula is C35H33Cl2N3O5S. The molecule has 2 N–H and O–H groups in total. The average Bonchev–Trinajstić information content (AvgIpc) is 3.41. The van der Waals surface area contributed by atoms with Gasteiger partial charge in [0.1, 0.15) is 5.15 Å². The lowest BCUT2D eigenvalue weighted by atomic mass is 9.90. The normalized spacial score (nSPS) is 20.1. The minimum atomic E-state index is -3.66. The molecule has 0 bridgehead atoms. The lowest BCUT2D eigenvalue weighted by Gasteiger charge is -2.41. The van der Waals surface area contributed by atoms with Crippen molar-refractivity contribution in [1.82, 2.24) is 14.3 Å². The Balaban J connectivity index is 1.25. The molecule has 1 aliphatic heterocycles. The molecule has 46 heavy (non-hydrogen) atoms. The Morgan fingerprint density at radius 1 is 0.870 bits per heavy atom. The van der Waals surface area contributed by atoms with E-state index in [1.807, 2.05) is 72.8 Å². The fraction of sp³-hybridized carbons (Fsp3) is 0.229. The van der Waals surface area contributed by atoms with Crippen LogP contribution in [0.2, 0.25) is 10.3 Å². The van der Waals surface area contributed by atoms with Crippen LogP contribution in [0, 0.1) is 5.92 Å². The zero-order chi connectivity index (χ0) is 32.3. The summed E-state index contributed by atoms with van der Waals surface area (Å²) in [6.45, 7) is 2.60. The number of aliphatic hydroxyl groups excluding tert-OH is 1. The van der Waals surface area contributed by atoms with Gasteiger partial charge in [-0.25, -0.2) is 18.1 Å². The molecule has 238 valence electrons. The second kappa shape index (κ2) is 14.1. The summed E-state index contributed by atoms with van der Waals surface area (Å²) in [7, 11) is -3.66. The molecule has 5 aromatic rings. The van der Waals surface area contributed by atoms with E-state index < -0.39 is 16.3 Å². The van der Waals surface area contributed by atoms with Crippen LogP contribution in [-0.2, 0) is 39.2 Å². The summed E-state index contributed by atoms with van der Waals surface area (Å²) in [5, 5.41) is 10.1. The molecule has 0 amide bonds. The summed E-state index contributed by atoms with van der Waals surface area (Å²) < 4.78 is 43.3. The number of rotatable bonds is 10. The summed E-state index contributed by atoms with van der Waals surface area (Å²) in [4.78, 5) is 4.34. The van der Waals surface area contributed by atoms with Crippen LogP contribution in [-0.4, -0.2) is 29.2 Å². The van der Waals surface area contributed by atoms with Gasteiger partial charge >= 0.3 is 0 Å². The van der Waals surface area contributed by atoms with Gasteiger partial charge in [-0.15, -0.1) is 0 Å². The third-order valence-corrected chi connectivity index (χ3v) is 10.4. The average molecular weight is 679 g/mol. The summed E-state index contributed by atoms with van der Waals surface area (Å²) in [6.07, 6.45) is 0.334. The Labute approximate surface area is 278 Å². The fourth-order valence-electron chi connectivity index (χ4n) is 5.62. The molecule has 1 aliphatic rings. The van der Waals surface area contributed by atoms with Crippen molar-refractivity contribution in [3.8, 4) is 11.1 Å². The third kappa shape index (κ3) is 7.06. The highest BCUT2D eigenvalue weighted by molar-refractivity contribution is 7.89. The molecule has 11 heteroatoms. The lowest BCUT2D eigenvalue weighted by Crippen LogP contribution is -2.39. The summed E-state index contributed by atoms with van der Waals surface area (Å²) in [5.41, 5.74) is 5.30. The Bertz CT molecular complexity index is 1880.